The summed E-state index contributed by atoms with van der Waals surface area (Å²) in [6, 6.07) is 9.73. The number of hydrogen-bond acceptors (Lipinski definition) is 4. The largest absolute Gasteiger partial charge is 0.573 e. The standard InChI is InChI=1S/C17H16F3NO4S/c1-11(13-6-8-15(9-7-13)25-17(18,19)20)21-26(23,24)16-5-3-4-14(10-16)12(2)22/h3-11,21H,1-2H3/t11-/m0/s1. The lowest BCUT2D eigenvalue weighted by Crippen LogP contribution is -2.27. The van der Waals surface area contributed by atoms with E-state index in [2.05, 4.69) is 9.46 Å². The summed E-state index contributed by atoms with van der Waals surface area (Å²) >= 11 is 0. The van der Waals surface area contributed by atoms with Crippen LogP contribution in [-0.2, 0) is 10.0 Å². The smallest absolute Gasteiger partial charge is 0.406 e. The van der Waals surface area contributed by atoms with Gasteiger partial charge in [0.2, 0.25) is 10.0 Å². The highest BCUT2D eigenvalue weighted by Crippen LogP contribution is 2.25. The van der Waals surface area contributed by atoms with Crippen LogP contribution in [0.4, 0.5) is 13.2 Å². The van der Waals surface area contributed by atoms with Crippen LogP contribution in [0.3, 0.4) is 0 Å². The number of Topliss-reactive ketones (excluding diaryl/α,β-unsaturated/α-hetero) is 1. The van der Waals surface area contributed by atoms with Gasteiger partial charge < -0.3 is 4.74 Å². The fraction of sp³-hybridized carbons (Fsp3) is 0.235. The number of alkyl halides is 3. The van der Waals surface area contributed by atoms with E-state index in [0.717, 1.165) is 12.1 Å². The summed E-state index contributed by atoms with van der Waals surface area (Å²) in [6.45, 7) is 2.87. The Hall–Kier alpha value is -2.39. The van der Waals surface area contributed by atoms with Crippen molar-refractivity contribution in [1.82, 2.24) is 4.72 Å². The highest BCUT2D eigenvalue weighted by molar-refractivity contribution is 7.89. The van der Waals surface area contributed by atoms with E-state index in [4.69, 9.17) is 0 Å². The van der Waals surface area contributed by atoms with Crippen LogP contribution < -0.4 is 9.46 Å². The number of carbonyl (C=O) groups excluding carboxylic acids is 1. The van der Waals surface area contributed by atoms with Crippen molar-refractivity contribution in [3.63, 3.8) is 0 Å². The molecule has 0 fully saturated rings. The average Bonchev–Trinajstić information content (AvgIpc) is 2.53. The summed E-state index contributed by atoms with van der Waals surface area (Å²) in [5.74, 6) is -0.666. The van der Waals surface area contributed by atoms with E-state index in [0.29, 0.717) is 5.56 Å². The molecule has 0 spiro atoms. The Morgan fingerprint density at radius 3 is 2.27 bits per heavy atom. The van der Waals surface area contributed by atoms with Gasteiger partial charge in [-0.15, -0.1) is 13.2 Å². The molecule has 1 atom stereocenters. The molecular formula is C17H16F3NO4S. The molecule has 2 aromatic carbocycles. The van der Waals surface area contributed by atoms with Crippen LogP contribution >= 0.6 is 0 Å². The first kappa shape index (κ1) is 19.9. The van der Waals surface area contributed by atoms with Crippen molar-refractivity contribution in [3.05, 3.63) is 59.7 Å². The van der Waals surface area contributed by atoms with E-state index in [1.807, 2.05) is 0 Å². The van der Waals surface area contributed by atoms with E-state index >= 15 is 0 Å². The average molecular weight is 387 g/mol. The van der Waals surface area contributed by atoms with Crippen LogP contribution in [0.1, 0.15) is 35.8 Å². The van der Waals surface area contributed by atoms with Gasteiger partial charge in [0.1, 0.15) is 5.75 Å². The summed E-state index contributed by atoms with van der Waals surface area (Å²) in [6.07, 6.45) is -4.80. The van der Waals surface area contributed by atoms with E-state index in [9.17, 15) is 26.4 Å². The topological polar surface area (TPSA) is 72.5 Å². The lowest BCUT2D eigenvalue weighted by molar-refractivity contribution is -0.274. The molecule has 2 aromatic rings. The Labute approximate surface area is 148 Å². The van der Waals surface area contributed by atoms with E-state index in [-0.39, 0.29) is 16.2 Å². The van der Waals surface area contributed by atoms with Crippen molar-refractivity contribution < 1.29 is 31.1 Å². The van der Waals surface area contributed by atoms with Crippen molar-refractivity contribution in [1.29, 1.82) is 0 Å². The molecule has 0 saturated carbocycles. The van der Waals surface area contributed by atoms with Crippen molar-refractivity contribution in [2.24, 2.45) is 0 Å². The minimum atomic E-state index is -4.80. The summed E-state index contributed by atoms with van der Waals surface area (Å²) in [4.78, 5) is 11.3. The van der Waals surface area contributed by atoms with Crippen LogP contribution in [0.5, 0.6) is 5.75 Å². The monoisotopic (exact) mass is 387 g/mol. The zero-order valence-corrected chi connectivity index (χ0v) is 14.7. The van der Waals surface area contributed by atoms with Gasteiger partial charge in [-0.05, 0) is 43.7 Å². The highest BCUT2D eigenvalue weighted by Gasteiger charge is 2.31. The minimum absolute atomic E-state index is 0.0749. The van der Waals surface area contributed by atoms with E-state index in [1.54, 1.807) is 6.92 Å². The molecule has 0 amide bonds. The van der Waals surface area contributed by atoms with Crippen LogP contribution in [0.25, 0.3) is 0 Å². The maximum Gasteiger partial charge on any atom is 0.573 e. The molecular weight excluding hydrogens is 371 g/mol. The van der Waals surface area contributed by atoms with Crippen molar-refractivity contribution in [3.8, 4) is 5.75 Å². The first-order valence-corrected chi connectivity index (χ1v) is 8.95. The second-order valence-electron chi connectivity index (χ2n) is 5.54. The number of carbonyl (C=O) groups is 1. The van der Waals surface area contributed by atoms with Gasteiger partial charge in [-0.3, -0.25) is 4.79 Å². The number of ketones is 1. The van der Waals surface area contributed by atoms with Gasteiger partial charge in [0.05, 0.1) is 4.90 Å². The molecule has 1 N–H and O–H groups in total. The zero-order valence-electron chi connectivity index (χ0n) is 13.9. The predicted octanol–water partition coefficient (Wildman–Crippen LogP) is 3.83. The molecule has 0 saturated heterocycles. The van der Waals surface area contributed by atoms with Crippen molar-refractivity contribution >= 4 is 15.8 Å². The molecule has 0 aliphatic carbocycles. The first-order chi connectivity index (χ1) is 12.0. The van der Waals surface area contributed by atoms with Gasteiger partial charge >= 0.3 is 6.36 Å². The fourth-order valence-electron chi connectivity index (χ4n) is 2.21. The Morgan fingerprint density at radius 2 is 1.73 bits per heavy atom. The molecule has 0 unspecified atom stereocenters. The number of nitrogens with one attached hydrogen (secondary N) is 1. The van der Waals surface area contributed by atoms with Gasteiger partial charge in [0.15, 0.2) is 5.78 Å². The number of halogens is 3. The number of benzene rings is 2. The molecule has 26 heavy (non-hydrogen) atoms. The number of ether oxygens (including phenoxy) is 1. The third-order valence-electron chi connectivity index (χ3n) is 3.50. The lowest BCUT2D eigenvalue weighted by Gasteiger charge is -2.16. The molecule has 0 heterocycles. The third-order valence-corrected chi connectivity index (χ3v) is 5.03. The van der Waals surface area contributed by atoms with Gasteiger partial charge in [-0.2, -0.15) is 0 Å². The van der Waals surface area contributed by atoms with Gasteiger partial charge in [0.25, 0.3) is 0 Å². The quantitative estimate of drug-likeness (QED) is 0.765. The Bertz CT molecular complexity index is 893. The van der Waals surface area contributed by atoms with Crippen molar-refractivity contribution in [2.75, 3.05) is 0 Å². The molecule has 5 nitrogen and oxygen atoms in total. The number of rotatable bonds is 6. The van der Waals surface area contributed by atoms with Crippen LogP contribution in [0.15, 0.2) is 53.4 Å². The van der Waals surface area contributed by atoms with Crippen molar-refractivity contribution in [2.45, 2.75) is 31.1 Å². The summed E-state index contributed by atoms with van der Waals surface area (Å²) in [5.41, 5.74) is 0.708. The Morgan fingerprint density at radius 1 is 1.12 bits per heavy atom. The normalized spacial score (nSPS) is 13.3. The molecule has 0 aromatic heterocycles. The maximum atomic E-state index is 12.4. The van der Waals surface area contributed by atoms with E-state index < -0.39 is 28.2 Å². The summed E-state index contributed by atoms with van der Waals surface area (Å²) < 4.78 is 67.6. The third kappa shape index (κ3) is 5.30. The van der Waals surface area contributed by atoms with Crippen LogP contribution in [0.2, 0.25) is 0 Å². The van der Waals surface area contributed by atoms with Gasteiger partial charge in [0, 0.05) is 11.6 Å². The molecule has 0 radical (unpaired) electrons. The SMILES string of the molecule is CC(=O)c1cccc(S(=O)(=O)N[C@@H](C)c2ccc(OC(F)(F)F)cc2)c1. The molecule has 9 heteroatoms. The van der Waals surface area contributed by atoms with E-state index in [1.165, 1.54) is 43.3 Å². The molecule has 0 aliphatic rings. The lowest BCUT2D eigenvalue weighted by atomic mass is 10.1. The fourth-order valence-corrected chi connectivity index (χ4v) is 3.49. The first-order valence-electron chi connectivity index (χ1n) is 7.47. The van der Waals surface area contributed by atoms with Crippen LogP contribution in [-0.4, -0.2) is 20.6 Å². The second-order valence-corrected chi connectivity index (χ2v) is 7.26. The maximum absolute atomic E-state index is 12.4. The predicted molar refractivity (Wildman–Crippen MR) is 88.3 cm³/mol. The van der Waals surface area contributed by atoms with Crippen LogP contribution in [0, 0.1) is 0 Å². The molecule has 140 valence electrons. The number of hydrogen-bond donors (Lipinski definition) is 1. The summed E-state index contributed by atoms with van der Waals surface area (Å²) in [5, 5.41) is 0. The van der Waals surface area contributed by atoms with Gasteiger partial charge in [-0.1, -0.05) is 24.3 Å². The van der Waals surface area contributed by atoms with Gasteiger partial charge in [-0.25, -0.2) is 13.1 Å². The molecule has 0 bridgehead atoms. The minimum Gasteiger partial charge on any atom is -0.406 e. The Balaban J connectivity index is 2.16. The highest BCUT2D eigenvalue weighted by atomic mass is 32.2. The molecule has 0 aliphatic heterocycles. The zero-order chi connectivity index (χ0) is 19.5. The molecule has 2 rings (SSSR count). The number of sulfonamides is 1. The summed E-state index contributed by atoms with van der Waals surface area (Å²) in [7, 11) is -3.92. The second kappa shape index (κ2) is 7.46. The Kier molecular flexibility index (Phi) is 5.72.